The first-order valence-corrected chi connectivity index (χ1v) is 6.48. The van der Waals surface area contributed by atoms with E-state index in [1.807, 2.05) is 7.05 Å². The molecule has 0 saturated carbocycles. The molecule has 0 aliphatic carbocycles. The van der Waals surface area contributed by atoms with Gasteiger partial charge in [0.1, 0.15) is 6.54 Å². The lowest BCUT2D eigenvalue weighted by Crippen LogP contribution is -2.47. The number of carbonyl (C=O) groups excluding carboxylic acids is 1. The van der Waals surface area contributed by atoms with Gasteiger partial charge in [0, 0.05) is 26.2 Å². The normalized spacial score (nSPS) is 19.4. The number of aliphatic carboxylic acids is 1. The minimum atomic E-state index is -1.02. The largest absolute Gasteiger partial charge is 0.480 e. The Morgan fingerprint density at radius 1 is 1.53 bits per heavy atom. The molecule has 1 atom stereocenters. The molecule has 0 bridgehead atoms. The van der Waals surface area contributed by atoms with E-state index in [-0.39, 0.29) is 19.1 Å². The Hall–Kier alpha value is -1.34. The zero-order chi connectivity index (χ0) is 14.3. The van der Waals surface area contributed by atoms with Crippen molar-refractivity contribution >= 4 is 12.0 Å². The highest BCUT2D eigenvalue weighted by Crippen LogP contribution is 2.13. The number of urea groups is 1. The summed E-state index contributed by atoms with van der Waals surface area (Å²) in [5.74, 6) is -1.02. The standard InChI is InChI=1S/C12H23N3O4/c1-14-5-3-4-10(14)8-13-12(18)15(6-7-19-2)9-11(16)17/h10H,3-9H2,1-2H3,(H,13,18)(H,16,17). The highest BCUT2D eigenvalue weighted by atomic mass is 16.5. The van der Waals surface area contributed by atoms with Gasteiger partial charge in [0.25, 0.3) is 0 Å². The Labute approximate surface area is 113 Å². The average Bonchev–Trinajstić information content (AvgIpc) is 2.76. The summed E-state index contributed by atoms with van der Waals surface area (Å²) in [7, 11) is 3.55. The van der Waals surface area contributed by atoms with E-state index in [1.165, 1.54) is 12.0 Å². The van der Waals surface area contributed by atoms with Gasteiger partial charge in [-0.15, -0.1) is 0 Å². The number of amides is 2. The number of nitrogens with one attached hydrogen (secondary N) is 1. The molecule has 7 heteroatoms. The van der Waals surface area contributed by atoms with E-state index in [2.05, 4.69) is 10.2 Å². The number of carboxylic acids is 1. The van der Waals surface area contributed by atoms with Crippen LogP contribution in [-0.2, 0) is 9.53 Å². The number of ether oxygens (including phenoxy) is 1. The van der Waals surface area contributed by atoms with Crippen molar-refractivity contribution in [1.82, 2.24) is 15.1 Å². The number of hydrogen-bond acceptors (Lipinski definition) is 4. The lowest BCUT2D eigenvalue weighted by molar-refractivity contribution is -0.137. The summed E-state index contributed by atoms with van der Waals surface area (Å²) in [6.07, 6.45) is 2.20. The molecule has 0 spiro atoms. The van der Waals surface area contributed by atoms with Crippen LogP contribution in [0.15, 0.2) is 0 Å². The summed E-state index contributed by atoms with van der Waals surface area (Å²) in [5.41, 5.74) is 0. The van der Waals surface area contributed by atoms with Gasteiger partial charge >= 0.3 is 12.0 Å². The van der Waals surface area contributed by atoms with Crippen LogP contribution in [0.5, 0.6) is 0 Å². The Bertz CT molecular complexity index is 311. The predicted molar refractivity (Wildman–Crippen MR) is 70.1 cm³/mol. The third-order valence-corrected chi connectivity index (χ3v) is 3.34. The lowest BCUT2D eigenvalue weighted by Gasteiger charge is -2.24. The number of rotatable bonds is 7. The molecule has 1 saturated heterocycles. The van der Waals surface area contributed by atoms with Crippen LogP contribution >= 0.6 is 0 Å². The zero-order valence-corrected chi connectivity index (χ0v) is 11.6. The van der Waals surface area contributed by atoms with Crippen molar-refractivity contribution in [3.63, 3.8) is 0 Å². The van der Waals surface area contributed by atoms with Crippen LogP contribution in [-0.4, -0.2) is 79.9 Å². The van der Waals surface area contributed by atoms with Crippen LogP contribution in [0.3, 0.4) is 0 Å². The molecule has 0 aromatic carbocycles. The molecule has 19 heavy (non-hydrogen) atoms. The van der Waals surface area contributed by atoms with E-state index in [0.29, 0.717) is 19.2 Å². The van der Waals surface area contributed by atoms with Gasteiger partial charge in [0.2, 0.25) is 0 Å². The maximum atomic E-state index is 11.9. The number of hydrogen-bond donors (Lipinski definition) is 2. The van der Waals surface area contributed by atoms with E-state index in [1.54, 1.807) is 0 Å². The molecule has 1 aliphatic heterocycles. The smallest absolute Gasteiger partial charge is 0.323 e. The molecule has 2 amide bonds. The molecule has 1 fully saturated rings. The fourth-order valence-corrected chi connectivity index (χ4v) is 2.17. The second-order valence-corrected chi connectivity index (χ2v) is 4.77. The molecule has 1 aliphatic rings. The highest BCUT2D eigenvalue weighted by Gasteiger charge is 2.23. The van der Waals surface area contributed by atoms with E-state index in [0.717, 1.165) is 19.4 Å². The number of likely N-dealkylation sites (tertiary alicyclic amines) is 1. The maximum absolute atomic E-state index is 11.9. The van der Waals surface area contributed by atoms with Crippen molar-refractivity contribution in [2.75, 3.05) is 46.9 Å². The fourth-order valence-electron chi connectivity index (χ4n) is 2.17. The van der Waals surface area contributed by atoms with Crippen molar-refractivity contribution in [1.29, 1.82) is 0 Å². The van der Waals surface area contributed by atoms with Crippen LogP contribution in [0.4, 0.5) is 4.79 Å². The van der Waals surface area contributed by atoms with Crippen molar-refractivity contribution in [3.05, 3.63) is 0 Å². The van der Waals surface area contributed by atoms with Crippen molar-refractivity contribution in [3.8, 4) is 0 Å². The van der Waals surface area contributed by atoms with E-state index >= 15 is 0 Å². The zero-order valence-electron chi connectivity index (χ0n) is 11.6. The van der Waals surface area contributed by atoms with Crippen LogP contribution in [0.2, 0.25) is 0 Å². The highest BCUT2D eigenvalue weighted by molar-refractivity contribution is 5.80. The number of likely N-dealkylation sites (N-methyl/N-ethyl adjacent to an activating group) is 1. The van der Waals surface area contributed by atoms with Crippen LogP contribution in [0.1, 0.15) is 12.8 Å². The lowest BCUT2D eigenvalue weighted by atomic mass is 10.2. The summed E-state index contributed by atoms with van der Waals surface area (Å²) in [4.78, 5) is 26.1. The minimum absolute atomic E-state index is 0.273. The second-order valence-electron chi connectivity index (χ2n) is 4.77. The Morgan fingerprint density at radius 3 is 2.79 bits per heavy atom. The first-order valence-electron chi connectivity index (χ1n) is 6.48. The average molecular weight is 273 g/mol. The van der Waals surface area contributed by atoms with Gasteiger partial charge in [0.05, 0.1) is 6.61 Å². The number of carbonyl (C=O) groups is 2. The Kier molecular flexibility index (Phi) is 6.58. The third-order valence-electron chi connectivity index (χ3n) is 3.34. The number of carboxylic acid groups (broad SMARTS) is 1. The Balaban J connectivity index is 2.39. The molecule has 1 heterocycles. The fraction of sp³-hybridized carbons (Fsp3) is 0.833. The second kappa shape index (κ2) is 7.96. The summed E-state index contributed by atoms with van der Waals surface area (Å²) >= 11 is 0. The van der Waals surface area contributed by atoms with Crippen molar-refractivity contribution in [2.45, 2.75) is 18.9 Å². The van der Waals surface area contributed by atoms with E-state index in [4.69, 9.17) is 9.84 Å². The van der Waals surface area contributed by atoms with Crippen molar-refractivity contribution in [2.24, 2.45) is 0 Å². The third kappa shape index (κ3) is 5.44. The summed E-state index contributed by atoms with van der Waals surface area (Å²) in [5, 5.41) is 11.6. The Morgan fingerprint density at radius 2 is 2.26 bits per heavy atom. The SMILES string of the molecule is COCCN(CC(=O)O)C(=O)NCC1CCCN1C. The quantitative estimate of drug-likeness (QED) is 0.672. The van der Waals surface area contributed by atoms with Gasteiger partial charge in [-0.1, -0.05) is 0 Å². The van der Waals surface area contributed by atoms with Gasteiger partial charge in [-0.3, -0.25) is 4.79 Å². The summed E-state index contributed by atoms with van der Waals surface area (Å²) in [6, 6.07) is -0.00203. The number of nitrogens with zero attached hydrogens (tertiary/aromatic N) is 2. The monoisotopic (exact) mass is 273 g/mol. The first-order chi connectivity index (χ1) is 9.04. The summed E-state index contributed by atoms with van der Waals surface area (Å²) < 4.78 is 4.88. The van der Waals surface area contributed by atoms with Gasteiger partial charge in [-0.2, -0.15) is 0 Å². The molecule has 2 N–H and O–H groups in total. The number of methoxy groups -OCH3 is 1. The molecule has 110 valence electrons. The molecule has 0 aromatic rings. The predicted octanol–water partition coefficient (Wildman–Crippen LogP) is -0.177. The molecule has 7 nitrogen and oxygen atoms in total. The molecular formula is C12H23N3O4. The van der Waals surface area contributed by atoms with Crippen molar-refractivity contribution < 1.29 is 19.4 Å². The van der Waals surface area contributed by atoms with Gasteiger partial charge < -0.3 is 25.0 Å². The molecule has 0 radical (unpaired) electrons. The topological polar surface area (TPSA) is 82.1 Å². The van der Waals surface area contributed by atoms with Gasteiger partial charge in [-0.25, -0.2) is 4.79 Å². The van der Waals surface area contributed by atoms with Gasteiger partial charge in [0.15, 0.2) is 0 Å². The van der Waals surface area contributed by atoms with Crippen LogP contribution in [0, 0.1) is 0 Å². The molecule has 1 rings (SSSR count). The van der Waals surface area contributed by atoms with Crippen LogP contribution < -0.4 is 5.32 Å². The molecule has 0 aromatic heterocycles. The first kappa shape index (κ1) is 15.7. The summed E-state index contributed by atoms with van der Waals surface area (Å²) in [6.45, 7) is 1.89. The van der Waals surface area contributed by atoms with Gasteiger partial charge in [-0.05, 0) is 26.4 Å². The minimum Gasteiger partial charge on any atom is -0.480 e. The molecule has 1 unspecified atom stereocenters. The van der Waals surface area contributed by atoms with E-state index in [9.17, 15) is 9.59 Å². The maximum Gasteiger partial charge on any atom is 0.323 e. The van der Waals surface area contributed by atoms with Crippen LogP contribution in [0.25, 0.3) is 0 Å². The van der Waals surface area contributed by atoms with E-state index < -0.39 is 5.97 Å². The molecular weight excluding hydrogens is 250 g/mol.